The van der Waals surface area contributed by atoms with Crippen LogP contribution in [0.15, 0.2) is 22.7 Å². The molecule has 1 aliphatic rings. The highest BCUT2D eigenvalue weighted by Crippen LogP contribution is 2.54. The monoisotopic (exact) mass is 256 g/mol. The van der Waals surface area contributed by atoms with Gasteiger partial charge in [0.1, 0.15) is 5.75 Å². The maximum absolute atomic E-state index is 5.55. The Balaban J connectivity index is 2.50. The molecule has 0 radical (unpaired) electrons. The zero-order valence-electron chi connectivity index (χ0n) is 8.34. The summed E-state index contributed by atoms with van der Waals surface area (Å²) in [7, 11) is 3.45. The highest BCUT2D eigenvalue weighted by molar-refractivity contribution is 9.10. The van der Waals surface area contributed by atoms with Gasteiger partial charge in [0, 0.05) is 17.1 Å². The topological polar surface area (TPSA) is 18.5 Å². The van der Waals surface area contributed by atoms with E-state index in [-0.39, 0.29) is 5.60 Å². The van der Waals surface area contributed by atoms with Crippen LogP contribution in [-0.2, 0) is 10.3 Å². The molecule has 1 aromatic carbocycles. The second kappa shape index (κ2) is 3.55. The van der Waals surface area contributed by atoms with E-state index >= 15 is 0 Å². The summed E-state index contributed by atoms with van der Waals surface area (Å²) in [5.41, 5.74) is 1.04. The lowest BCUT2D eigenvalue weighted by molar-refractivity contribution is 0.0759. The molecule has 1 saturated carbocycles. The van der Waals surface area contributed by atoms with Crippen LogP contribution in [0.3, 0.4) is 0 Å². The van der Waals surface area contributed by atoms with Crippen LogP contribution in [0.4, 0.5) is 0 Å². The molecule has 0 saturated heterocycles. The number of methoxy groups -OCH3 is 2. The minimum atomic E-state index is -0.106. The van der Waals surface area contributed by atoms with Crippen molar-refractivity contribution in [2.24, 2.45) is 0 Å². The summed E-state index contributed by atoms with van der Waals surface area (Å²) in [6.07, 6.45) is 2.14. The van der Waals surface area contributed by atoms with Gasteiger partial charge in [-0.3, -0.25) is 0 Å². The Kier molecular flexibility index (Phi) is 2.54. The number of ether oxygens (including phenoxy) is 2. The van der Waals surface area contributed by atoms with Gasteiger partial charge in [-0.1, -0.05) is 22.0 Å². The molecule has 0 atom stereocenters. The maximum Gasteiger partial charge on any atom is 0.126 e. The number of rotatable bonds is 3. The lowest BCUT2D eigenvalue weighted by Gasteiger charge is -2.18. The number of hydrogen-bond donors (Lipinski definition) is 0. The molecule has 0 N–H and O–H groups in total. The van der Waals surface area contributed by atoms with Gasteiger partial charge in [-0.15, -0.1) is 0 Å². The van der Waals surface area contributed by atoms with Crippen LogP contribution < -0.4 is 4.74 Å². The fourth-order valence-corrected chi connectivity index (χ4v) is 2.50. The average Bonchev–Trinajstić information content (AvgIpc) is 2.98. The molecule has 0 spiro atoms. The second-order valence-electron chi connectivity index (χ2n) is 3.52. The van der Waals surface area contributed by atoms with Gasteiger partial charge in [0.25, 0.3) is 0 Å². The van der Waals surface area contributed by atoms with Crippen LogP contribution in [0.25, 0.3) is 0 Å². The van der Waals surface area contributed by atoms with Crippen LogP contribution in [-0.4, -0.2) is 14.2 Å². The predicted octanol–water partition coefficient (Wildman–Crippen LogP) is 3.09. The van der Waals surface area contributed by atoms with Crippen LogP contribution in [0.2, 0.25) is 0 Å². The minimum absolute atomic E-state index is 0.106. The fraction of sp³-hybridized carbons (Fsp3) is 0.455. The molecule has 0 heterocycles. The SMILES string of the molecule is COc1cccc(Br)c1C1(OC)CC1. The van der Waals surface area contributed by atoms with E-state index in [0.717, 1.165) is 28.6 Å². The van der Waals surface area contributed by atoms with Crippen LogP contribution in [0.5, 0.6) is 5.75 Å². The molecule has 0 unspecified atom stereocenters. The summed E-state index contributed by atoms with van der Waals surface area (Å²) in [6.45, 7) is 0. The quantitative estimate of drug-likeness (QED) is 0.828. The largest absolute Gasteiger partial charge is 0.496 e. The van der Waals surface area contributed by atoms with Crippen molar-refractivity contribution in [1.29, 1.82) is 0 Å². The van der Waals surface area contributed by atoms with E-state index in [1.165, 1.54) is 0 Å². The molecule has 0 amide bonds. The molecule has 14 heavy (non-hydrogen) atoms. The van der Waals surface area contributed by atoms with Gasteiger partial charge in [-0.25, -0.2) is 0 Å². The van der Waals surface area contributed by atoms with Gasteiger partial charge in [-0.05, 0) is 25.0 Å². The predicted molar refractivity (Wildman–Crippen MR) is 58.6 cm³/mol. The molecule has 1 aliphatic carbocycles. The van der Waals surface area contributed by atoms with Gasteiger partial charge in [0.2, 0.25) is 0 Å². The Labute approximate surface area is 92.3 Å². The highest BCUT2D eigenvalue weighted by Gasteiger charge is 2.47. The van der Waals surface area contributed by atoms with Crippen molar-refractivity contribution in [2.45, 2.75) is 18.4 Å². The van der Waals surface area contributed by atoms with E-state index < -0.39 is 0 Å². The Bertz CT molecular complexity index is 345. The third kappa shape index (κ3) is 1.44. The fourth-order valence-electron chi connectivity index (χ4n) is 1.79. The van der Waals surface area contributed by atoms with Gasteiger partial charge in [0.05, 0.1) is 12.7 Å². The van der Waals surface area contributed by atoms with E-state index in [2.05, 4.69) is 15.9 Å². The van der Waals surface area contributed by atoms with Crippen LogP contribution in [0, 0.1) is 0 Å². The third-order valence-electron chi connectivity index (χ3n) is 2.75. The molecular formula is C11H13BrO2. The van der Waals surface area contributed by atoms with Crippen molar-refractivity contribution in [3.63, 3.8) is 0 Å². The minimum Gasteiger partial charge on any atom is -0.496 e. The molecule has 0 aromatic heterocycles. The van der Waals surface area contributed by atoms with E-state index in [0.29, 0.717) is 0 Å². The molecule has 2 rings (SSSR count). The smallest absolute Gasteiger partial charge is 0.126 e. The van der Waals surface area contributed by atoms with Crippen molar-refractivity contribution >= 4 is 15.9 Å². The van der Waals surface area contributed by atoms with Crippen molar-refractivity contribution in [3.8, 4) is 5.75 Å². The Morgan fingerprint density at radius 1 is 1.29 bits per heavy atom. The third-order valence-corrected chi connectivity index (χ3v) is 3.41. The normalized spacial score (nSPS) is 17.9. The molecule has 1 aromatic rings. The summed E-state index contributed by atoms with van der Waals surface area (Å²) in [5.74, 6) is 0.902. The van der Waals surface area contributed by atoms with Gasteiger partial charge in [-0.2, -0.15) is 0 Å². The Hall–Kier alpha value is -0.540. The first-order valence-corrected chi connectivity index (χ1v) is 5.41. The number of halogens is 1. The molecule has 2 nitrogen and oxygen atoms in total. The first kappa shape index (κ1) is 9.99. The number of benzene rings is 1. The van der Waals surface area contributed by atoms with E-state index in [4.69, 9.17) is 9.47 Å². The first-order chi connectivity index (χ1) is 6.73. The zero-order valence-corrected chi connectivity index (χ0v) is 9.93. The summed E-state index contributed by atoms with van der Waals surface area (Å²) in [4.78, 5) is 0. The molecule has 3 heteroatoms. The first-order valence-electron chi connectivity index (χ1n) is 4.61. The highest BCUT2D eigenvalue weighted by atomic mass is 79.9. The molecular weight excluding hydrogens is 244 g/mol. The van der Waals surface area contributed by atoms with E-state index in [1.807, 2.05) is 18.2 Å². The summed E-state index contributed by atoms with van der Waals surface area (Å²) < 4.78 is 12.0. The van der Waals surface area contributed by atoms with Gasteiger partial charge >= 0.3 is 0 Å². The van der Waals surface area contributed by atoms with Crippen LogP contribution in [0.1, 0.15) is 18.4 Å². The van der Waals surface area contributed by atoms with Crippen molar-refractivity contribution < 1.29 is 9.47 Å². The average molecular weight is 257 g/mol. The lowest BCUT2D eigenvalue weighted by Crippen LogP contribution is -2.11. The maximum atomic E-state index is 5.55. The Morgan fingerprint density at radius 3 is 2.50 bits per heavy atom. The van der Waals surface area contributed by atoms with Crippen LogP contribution >= 0.6 is 15.9 Å². The molecule has 76 valence electrons. The van der Waals surface area contributed by atoms with Gasteiger partial charge in [0.15, 0.2) is 0 Å². The summed E-state index contributed by atoms with van der Waals surface area (Å²) in [6, 6.07) is 5.97. The van der Waals surface area contributed by atoms with Crippen molar-refractivity contribution in [2.75, 3.05) is 14.2 Å². The lowest BCUT2D eigenvalue weighted by atomic mass is 10.1. The second-order valence-corrected chi connectivity index (χ2v) is 4.37. The molecule has 0 aliphatic heterocycles. The van der Waals surface area contributed by atoms with E-state index in [1.54, 1.807) is 14.2 Å². The standard InChI is InChI=1S/C11H13BrO2/c1-13-9-5-3-4-8(12)10(9)11(14-2)6-7-11/h3-5H,6-7H2,1-2H3. The summed E-state index contributed by atoms with van der Waals surface area (Å²) >= 11 is 3.54. The number of hydrogen-bond acceptors (Lipinski definition) is 2. The summed E-state index contributed by atoms with van der Waals surface area (Å²) in [5, 5.41) is 0. The van der Waals surface area contributed by atoms with Crippen molar-refractivity contribution in [3.05, 3.63) is 28.2 Å². The zero-order chi connectivity index (χ0) is 10.2. The Morgan fingerprint density at radius 2 is 2.00 bits per heavy atom. The van der Waals surface area contributed by atoms with Crippen molar-refractivity contribution in [1.82, 2.24) is 0 Å². The molecule has 1 fully saturated rings. The van der Waals surface area contributed by atoms with E-state index in [9.17, 15) is 0 Å². The molecule has 0 bridgehead atoms. The van der Waals surface area contributed by atoms with Gasteiger partial charge < -0.3 is 9.47 Å².